The number of likely N-dealkylation sites (tertiary alicyclic amines) is 1. The number of carbonyl (C=O) groups is 1. The smallest absolute Gasteiger partial charge is 0.320 e. The van der Waals surface area contributed by atoms with Crippen LogP contribution in [-0.4, -0.2) is 83.9 Å². The van der Waals surface area contributed by atoms with Gasteiger partial charge in [-0.25, -0.2) is 9.31 Å². The highest BCUT2D eigenvalue weighted by Crippen LogP contribution is 2.30. The topological polar surface area (TPSA) is 89.1 Å². The Morgan fingerprint density at radius 2 is 1.86 bits per heavy atom. The third-order valence-electron chi connectivity index (χ3n) is 7.45. The Hall–Kier alpha value is -3.77. The highest BCUT2D eigenvalue weighted by Gasteiger charge is 2.34. The molecule has 6 rings (SSSR count). The van der Waals surface area contributed by atoms with Crippen molar-refractivity contribution in [3.8, 4) is 22.9 Å². The van der Waals surface area contributed by atoms with E-state index in [0.717, 1.165) is 67.1 Å². The summed E-state index contributed by atoms with van der Waals surface area (Å²) < 4.78 is 8.07. The molecule has 3 aromatic rings. The van der Waals surface area contributed by atoms with Crippen molar-refractivity contribution in [3.63, 3.8) is 0 Å². The van der Waals surface area contributed by atoms with Crippen LogP contribution in [0.25, 0.3) is 16.6 Å². The molecule has 0 saturated carbocycles. The fourth-order valence-corrected chi connectivity index (χ4v) is 5.32. The first-order chi connectivity index (χ1) is 17.7. The number of rotatable bonds is 4. The Morgan fingerprint density at radius 3 is 2.58 bits per heavy atom. The fourth-order valence-electron chi connectivity index (χ4n) is 5.32. The molecule has 2 amide bonds. The molecule has 3 aliphatic rings. The normalized spacial score (nSPS) is 20.8. The van der Waals surface area contributed by atoms with Crippen LogP contribution in [0.1, 0.15) is 12.8 Å². The number of benzene rings is 1. The van der Waals surface area contributed by atoms with Crippen LogP contribution < -0.4 is 15.0 Å². The molecular weight excluding hydrogens is 454 g/mol. The van der Waals surface area contributed by atoms with E-state index in [-0.39, 0.29) is 18.1 Å². The number of piperidine rings is 1. The zero-order chi connectivity index (χ0) is 24.5. The molecule has 36 heavy (non-hydrogen) atoms. The number of nitrogens with zero attached hydrogens (tertiary/aromatic N) is 6. The number of piperazine rings is 1. The summed E-state index contributed by atoms with van der Waals surface area (Å²) in [4.78, 5) is 18.7. The maximum atomic E-state index is 12.7. The second-order valence-corrected chi connectivity index (χ2v) is 9.87. The second-order valence-electron chi connectivity index (χ2n) is 9.87. The second kappa shape index (κ2) is 9.70. The van der Waals surface area contributed by atoms with Gasteiger partial charge in [-0.15, -0.1) is 0 Å². The number of carbonyl (C=O) groups excluding carboxylic acids is 1. The number of aromatic nitrogens is 2. The molecule has 3 saturated heterocycles. The summed E-state index contributed by atoms with van der Waals surface area (Å²) in [7, 11) is 0. The molecule has 5 heterocycles. The first kappa shape index (κ1) is 22.7. The van der Waals surface area contributed by atoms with E-state index in [1.807, 2.05) is 27.7 Å². The van der Waals surface area contributed by atoms with Crippen molar-refractivity contribution >= 4 is 17.2 Å². The number of nitriles is 1. The summed E-state index contributed by atoms with van der Waals surface area (Å²) in [5.41, 5.74) is 4.42. The summed E-state index contributed by atoms with van der Waals surface area (Å²) in [6.07, 6.45) is 6.39. The predicted octanol–water partition coefficient (Wildman–Crippen LogP) is 2.83. The van der Waals surface area contributed by atoms with Crippen molar-refractivity contribution in [2.24, 2.45) is 5.92 Å². The molecular formula is C27H31N7O2. The van der Waals surface area contributed by atoms with Gasteiger partial charge in [0.25, 0.3) is 0 Å². The molecule has 186 valence electrons. The summed E-state index contributed by atoms with van der Waals surface area (Å²) in [5.74, 6) is 0.894. The molecule has 9 heteroatoms. The minimum absolute atomic E-state index is 0.0122. The lowest BCUT2D eigenvalue weighted by Crippen LogP contribution is -2.58. The predicted molar refractivity (Wildman–Crippen MR) is 137 cm³/mol. The van der Waals surface area contributed by atoms with E-state index in [0.29, 0.717) is 26.2 Å². The lowest BCUT2D eigenvalue weighted by molar-refractivity contribution is 0.106. The SMILES string of the molecule is N#CC1CN(C(=O)N2CCN(c3ccnn4cc(-c5ccc(OC6CCCNC6)cc5)cc34)CC2)C1. The van der Waals surface area contributed by atoms with Gasteiger partial charge >= 0.3 is 6.03 Å². The number of nitrogens with one attached hydrogen (secondary N) is 1. The highest BCUT2D eigenvalue weighted by atomic mass is 16.5. The lowest BCUT2D eigenvalue weighted by Gasteiger charge is -2.42. The molecule has 0 radical (unpaired) electrons. The van der Waals surface area contributed by atoms with Gasteiger partial charge < -0.3 is 24.8 Å². The standard InChI is InChI=1S/C27H31N7O2/c28-15-20-17-33(18-20)27(35)32-12-10-31(11-13-32)25-7-9-30-34-19-22(14-26(25)34)21-3-5-23(6-4-21)36-24-2-1-8-29-16-24/h3-7,9,14,19-20,24,29H,1-2,8,10-13,16-18H2. The van der Waals surface area contributed by atoms with Crippen LogP contribution in [0.5, 0.6) is 5.75 Å². The van der Waals surface area contributed by atoms with Crippen molar-refractivity contribution in [3.05, 3.63) is 48.8 Å². The van der Waals surface area contributed by atoms with Crippen LogP contribution in [-0.2, 0) is 0 Å². The molecule has 9 nitrogen and oxygen atoms in total. The summed E-state index contributed by atoms with van der Waals surface area (Å²) >= 11 is 0. The Bertz CT molecular complexity index is 1260. The maximum absolute atomic E-state index is 12.7. The molecule has 0 bridgehead atoms. The van der Waals surface area contributed by atoms with Crippen LogP contribution in [0.3, 0.4) is 0 Å². The van der Waals surface area contributed by atoms with Crippen LogP contribution in [0.4, 0.5) is 10.5 Å². The quantitative estimate of drug-likeness (QED) is 0.611. The molecule has 1 aromatic carbocycles. The molecule has 2 aromatic heterocycles. The summed E-state index contributed by atoms with van der Waals surface area (Å²) in [6.45, 7) is 5.97. The number of ether oxygens (including phenoxy) is 1. The van der Waals surface area contributed by atoms with Crippen LogP contribution >= 0.6 is 0 Å². The Kier molecular flexibility index (Phi) is 6.11. The third-order valence-corrected chi connectivity index (χ3v) is 7.45. The van der Waals surface area contributed by atoms with Crippen molar-refractivity contribution < 1.29 is 9.53 Å². The molecule has 3 aliphatic heterocycles. The molecule has 1 atom stereocenters. The van der Waals surface area contributed by atoms with Gasteiger partial charge in [0.1, 0.15) is 11.9 Å². The van der Waals surface area contributed by atoms with Gasteiger partial charge in [-0.1, -0.05) is 12.1 Å². The Labute approximate surface area is 210 Å². The van der Waals surface area contributed by atoms with Gasteiger partial charge in [0.2, 0.25) is 0 Å². The number of amides is 2. The average Bonchev–Trinajstić information content (AvgIpc) is 3.34. The number of hydrogen-bond donors (Lipinski definition) is 1. The molecule has 0 aliphatic carbocycles. The van der Waals surface area contributed by atoms with E-state index in [1.165, 1.54) is 0 Å². The zero-order valence-electron chi connectivity index (χ0n) is 20.3. The van der Waals surface area contributed by atoms with Crippen molar-refractivity contribution in [2.45, 2.75) is 18.9 Å². The van der Waals surface area contributed by atoms with Crippen LogP contribution in [0, 0.1) is 17.2 Å². The number of fused-ring (bicyclic) bond motifs is 1. The van der Waals surface area contributed by atoms with E-state index in [1.54, 1.807) is 4.90 Å². The zero-order valence-corrected chi connectivity index (χ0v) is 20.3. The number of anilines is 1. The first-order valence-electron chi connectivity index (χ1n) is 12.8. The average molecular weight is 486 g/mol. The van der Waals surface area contributed by atoms with E-state index < -0.39 is 0 Å². The largest absolute Gasteiger partial charge is 0.489 e. The number of hydrogen-bond acceptors (Lipinski definition) is 6. The van der Waals surface area contributed by atoms with Gasteiger partial charge in [0, 0.05) is 63.8 Å². The third kappa shape index (κ3) is 4.44. The van der Waals surface area contributed by atoms with E-state index in [9.17, 15) is 4.79 Å². The first-order valence-corrected chi connectivity index (χ1v) is 12.8. The Morgan fingerprint density at radius 1 is 1.06 bits per heavy atom. The van der Waals surface area contributed by atoms with Gasteiger partial charge in [-0.3, -0.25) is 0 Å². The van der Waals surface area contributed by atoms with Gasteiger partial charge in [-0.05, 0) is 49.2 Å². The van der Waals surface area contributed by atoms with Crippen LogP contribution in [0.2, 0.25) is 0 Å². The van der Waals surface area contributed by atoms with E-state index in [2.05, 4.69) is 51.8 Å². The Balaban J connectivity index is 1.13. The monoisotopic (exact) mass is 485 g/mol. The van der Waals surface area contributed by atoms with Crippen molar-refractivity contribution in [1.29, 1.82) is 5.26 Å². The minimum atomic E-state index is -0.0122. The van der Waals surface area contributed by atoms with E-state index >= 15 is 0 Å². The van der Waals surface area contributed by atoms with Crippen molar-refractivity contribution in [2.75, 3.05) is 57.3 Å². The molecule has 1 unspecified atom stereocenters. The van der Waals surface area contributed by atoms with Crippen molar-refractivity contribution in [1.82, 2.24) is 24.7 Å². The summed E-state index contributed by atoms with van der Waals surface area (Å²) in [5, 5.41) is 16.9. The lowest BCUT2D eigenvalue weighted by atomic mass is 10.0. The molecule has 3 fully saturated rings. The minimum Gasteiger partial charge on any atom is -0.489 e. The van der Waals surface area contributed by atoms with Crippen LogP contribution in [0.15, 0.2) is 48.8 Å². The molecule has 0 spiro atoms. The highest BCUT2D eigenvalue weighted by molar-refractivity contribution is 5.80. The van der Waals surface area contributed by atoms with Gasteiger partial charge in [0.15, 0.2) is 0 Å². The van der Waals surface area contributed by atoms with Gasteiger partial charge in [-0.2, -0.15) is 10.4 Å². The maximum Gasteiger partial charge on any atom is 0.320 e. The number of urea groups is 1. The van der Waals surface area contributed by atoms with E-state index in [4.69, 9.17) is 10.00 Å². The summed E-state index contributed by atoms with van der Waals surface area (Å²) in [6, 6.07) is 14.8. The fraction of sp³-hybridized carbons (Fsp3) is 0.444. The molecule has 1 N–H and O–H groups in total. The van der Waals surface area contributed by atoms with Gasteiger partial charge in [0.05, 0.1) is 23.2 Å².